The zero-order valence-electron chi connectivity index (χ0n) is 14.8. The van der Waals surface area contributed by atoms with Crippen molar-refractivity contribution in [1.29, 1.82) is 0 Å². The van der Waals surface area contributed by atoms with Crippen molar-refractivity contribution in [3.05, 3.63) is 90.0 Å². The van der Waals surface area contributed by atoms with Crippen LogP contribution in [0.2, 0.25) is 0 Å². The molecule has 0 bridgehead atoms. The summed E-state index contributed by atoms with van der Waals surface area (Å²) in [6, 6.07) is 21.4. The Kier molecular flexibility index (Phi) is 4.49. The van der Waals surface area contributed by atoms with Crippen LogP contribution in [0.3, 0.4) is 0 Å². The molecule has 0 radical (unpaired) electrons. The van der Waals surface area contributed by atoms with Crippen molar-refractivity contribution in [2.75, 3.05) is 5.01 Å². The van der Waals surface area contributed by atoms with Crippen LogP contribution in [0, 0.1) is 6.92 Å². The van der Waals surface area contributed by atoms with Crippen molar-refractivity contribution in [1.82, 2.24) is 25.0 Å². The van der Waals surface area contributed by atoms with Gasteiger partial charge in [-0.3, -0.25) is 15.2 Å². The molecule has 1 amide bonds. The molecule has 0 spiro atoms. The molecule has 0 aliphatic heterocycles. The third-order valence-corrected chi connectivity index (χ3v) is 4.12. The minimum Gasteiger partial charge on any atom is -0.281 e. The van der Waals surface area contributed by atoms with E-state index in [9.17, 15) is 4.79 Å². The molecule has 0 fully saturated rings. The number of fused-ring (bicyclic) bond motifs is 1. The van der Waals surface area contributed by atoms with Crippen LogP contribution >= 0.6 is 0 Å². The van der Waals surface area contributed by atoms with Crippen LogP contribution in [0.25, 0.3) is 5.78 Å². The monoisotopic (exact) mass is 358 g/mol. The highest BCUT2D eigenvalue weighted by atomic mass is 16.2. The van der Waals surface area contributed by atoms with Crippen molar-refractivity contribution in [2.24, 2.45) is 0 Å². The number of para-hydroxylation sites is 1. The Bertz CT molecular complexity index is 1060. The molecule has 134 valence electrons. The molecular formula is C20H18N6O. The quantitative estimate of drug-likeness (QED) is 0.555. The Labute approximate surface area is 156 Å². The summed E-state index contributed by atoms with van der Waals surface area (Å²) in [6.07, 6.45) is 1.65. The average Bonchev–Trinajstić information content (AvgIpc) is 3.15. The number of anilines is 1. The fraction of sp³-hybridized carbons (Fsp3) is 0.100. The molecule has 4 rings (SSSR count). The number of rotatable bonds is 5. The normalized spacial score (nSPS) is 10.7. The topological polar surface area (TPSA) is 75.4 Å². The predicted molar refractivity (Wildman–Crippen MR) is 102 cm³/mol. The van der Waals surface area contributed by atoms with Crippen LogP contribution in [0.15, 0.2) is 72.9 Å². The maximum atomic E-state index is 12.8. The SMILES string of the molecule is Cc1ccnc2nc(C(=O)NN(Cc3ccccc3)c3ccccc3)nn12. The number of hydrazine groups is 1. The summed E-state index contributed by atoms with van der Waals surface area (Å²) >= 11 is 0. The van der Waals surface area contributed by atoms with Crippen LogP contribution < -0.4 is 10.4 Å². The van der Waals surface area contributed by atoms with Crippen molar-refractivity contribution < 1.29 is 4.79 Å². The highest BCUT2D eigenvalue weighted by molar-refractivity contribution is 5.91. The van der Waals surface area contributed by atoms with Gasteiger partial charge in [0.05, 0.1) is 12.2 Å². The van der Waals surface area contributed by atoms with Gasteiger partial charge in [-0.15, -0.1) is 5.10 Å². The first kappa shape index (κ1) is 16.7. The second-order valence-corrected chi connectivity index (χ2v) is 6.08. The second kappa shape index (κ2) is 7.25. The van der Waals surface area contributed by atoms with Gasteiger partial charge in [0, 0.05) is 11.9 Å². The molecule has 0 aliphatic carbocycles. The van der Waals surface area contributed by atoms with E-state index in [0.29, 0.717) is 12.3 Å². The summed E-state index contributed by atoms with van der Waals surface area (Å²) in [6.45, 7) is 2.40. The Hall–Kier alpha value is -3.74. The van der Waals surface area contributed by atoms with Gasteiger partial charge in [0.2, 0.25) is 5.82 Å². The standard InChI is InChI=1S/C20H18N6O/c1-15-12-13-21-20-22-18(23-26(15)20)19(27)24-25(17-10-6-3-7-11-17)14-16-8-4-2-5-9-16/h2-13H,14H2,1H3,(H,24,27). The molecular weight excluding hydrogens is 340 g/mol. The number of hydrogen-bond acceptors (Lipinski definition) is 5. The highest BCUT2D eigenvalue weighted by Crippen LogP contribution is 2.15. The van der Waals surface area contributed by atoms with E-state index in [1.165, 1.54) is 0 Å². The lowest BCUT2D eigenvalue weighted by Crippen LogP contribution is -2.42. The second-order valence-electron chi connectivity index (χ2n) is 6.08. The number of hydrogen-bond donors (Lipinski definition) is 1. The lowest BCUT2D eigenvalue weighted by molar-refractivity contribution is 0.0938. The number of aryl methyl sites for hydroxylation is 1. The summed E-state index contributed by atoms with van der Waals surface area (Å²) in [5.74, 6) is 0.0833. The molecule has 0 atom stereocenters. The van der Waals surface area contributed by atoms with Gasteiger partial charge in [0.25, 0.3) is 5.78 Å². The van der Waals surface area contributed by atoms with E-state index in [0.717, 1.165) is 16.9 Å². The highest BCUT2D eigenvalue weighted by Gasteiger charge is 2.18. The Morgan fingerprint density at radius 3 is 2.44 bits per heavy atom. The summed E-state index contributed by atoms with van der Waals surface area (Å²) in [5.41, 5.74) is 5.70. The predicted octanol–water partition coefficient (Wildman–Crippen LogP) is 2.78. The van der Waals surface area contributed by atoms with Gasteiger partial charge < -0.3 is 0 Å². The number of carbonyl (C=O) groups excluding carboxylic acids is 1. The maximum absolute atomic E-state index is 12.8. The maximum Gasteiger partial charge on any atom is 0.309 e. The van der Waals surface area contributed by atoms with E-state index in [1.807, 2.05) is 73.7 Å². The molecule has 7 nitrogen and oxygen atoms in total. The Balaban J connectivity index is 1.62. The van der Waals surface area contributed by atoms with Gasteiger partial charge in [-0.05, 0) is 30.7 Å². The Morgan fingerprint density at radius 2 is 1.74 bits per heavy atom. The van der Waals surface area contributed by atoms with E-state index in [1.54, 1.807) is 15.7 Å². The summed E-state index contributed by atoms with van der Waals surface area (Å²) in [7, 11) is 0. The lowest BCUT2D eigenvalue weighted by Gasteiger charge is -2.25. The summed E-state index contributed by atoms with van der Waals surface area (Å²) < 4.78 is 1.55. The minimum atomic E-state index is -0.389. The van der Waals surface area contributed by atoms with Crippen LogP contribution in [-0.4, -0.2) is 25.5 Å². The molecule has 0 unspecified atom stereocenters. The molecule has 2 aromatic heterocycles. The van der Waals surface area contributed by atoms with E-state index >= 15 is 0 Å². The molecule has 0 saturated carbocycles. The third-order valence-electron chi connectivity index (χ3n) is 4.12. The van der Waals surface area contributed by atoms with Crippen LogP contribution in [0.1, 0.15) is 21.9 Å². The van der Waals surface area contributed by atoms with E-state index in [4.69, 9.17) is 0 Å². The molecule has 0 saturated heterocycles. The summed E-state index contributed by atoms with van der Waals surface area (Å²) in [4.78, 5) is 21.2. The van der Waals surface area contributed by atoms with E-state index in [-0.39, 0.29) is 11.7 Å². The van der Waals surface area contributed by atoms with Gasteiger partial charge >= 0.3 is 5.91 Å². The molecule has 2 aromatic carbocycles. The van der Waals surface area contributed by atoms with Gasteiger partial charge in [0.1, 0.15) is 0 Å². The third kappa shape index (κ3) is 3.62. The van der Waals surface area contributed by atoms with Crippen molar-refractivity contribution in [3.63, 3.8) is 0 Å². The first-order valence-electron chi connectivity index (χ1n) is 8.56. The van der Waals surface area contributed by atoms with Gasteiger partial charge in [-0.1, -0.05) is 48.5 Å². The Morgan fingerprint density at radius 1 is 1.04 bits per heavy atom. The number of carbonyl (C=O) groups is 1. The number of benzene rings is 2. The van der Waals surface area contributed by atoms with Crippen LogP contribution in [0.4, 0.5) is 5.69 Å². The number of nitrogens with one attached hydrogen (secondary N) is 1. The van der Waals surface area contributed by atoms with Crippen LogP contribution in [-0.2, 0) is 6.54 Å². The van der Waals surface area contributed by atoms with Crippen molar-refractivity contribution in [2.45, 2.75) is 13.5 Å². The van der Waals surface area contributed by atoms with Gasteiger partial charge in [-0.2, -0.15) is 4.98 Å². The first-order chi connectivity index (χ1) is 13.2. The molecule has 4 aromatic rings. The molecule has 0 aliphatic rings. The lowest BCUT2D eigenvalue weighted by atomic mass is 10.2. The number of nitrogens with zero attached hydrogens (tertiary/aromatic N) is 5. The van der Waals surface area contributed by atoms with Crippen molar-refractivity contribution in [3.8, 4) is 0 Å². The fourth-order valence-electron chi connectivity index (χ4n) is 2.74. The largest absolute Gasteiger partial charge is 0.309 e. The molecule has 7 heteroatoms. The van der Waals surface area contributed by atoms with Crippen LogP contribution in [0.5, 0.6) is 0 Å². The smallest absolute Gasteiger partial charge is 0.281 e. The molecule has 2 heterocycles. The molecule has 1 N–H and O–H groups in total. The number of aromatic nitrogens is 4. The zero-order chi connectivity index (χ0) is 18.6. The average molecular weight is 358 g/mol. The van der Waals surface area contributed by atoms with Crippen molar-refractivity contribution >= 4 is 17.4 Å². The van der Waals surface area contributed by atoms with Gasteiger partial charge in [-0.25, -0.2) is 9.50 Å². The van der Waals surface area contributed by atoms with E-state index in [2.05, 4.69) is 20.5 Å². The fourth-order valence-corrected chi connectivity index (χ4v) is 2.74. The number of amides is 1. The van der Waals surface area contributed by atoms with Gasteiger partial charge in [0.15, 0.2) is 0 Å². The van der Waals surface area contributed by atoms with E-state index < -0.39 is 0 Å². The summed E-state index contributed by atoms with van der Waals surface area (Å²) in [5, 5.41) is 6.05. The zero-order valence-corrected chi connectivity index (χ0v) is 14.8. The molecule has 27 heavy (non-hydrogen) atoms. The first-order valence-corrected chi connectivity index (χ1v) is 8.56. The minimum absolute atomic E-state index is 0.0748.